The Hall–Kier alpha value is -1.16. The number of Topliss-reactive ketones (excluding diaryl/α,β-unsaturated/α-hetero) is 1. The fourth-order valence-electron chi connectivity index (χ4n) is 3.91. The van der Waals surface area contributed by atoms with Gasteiger partial charge in [0.15, 0.2) is 5.78 Å². The summed E-state index contributed by atoms with van der Waals surface area (Å²) in [7, 11) is 0. The molecule has 0 radical (unpaired) electrons. The first-order valence-electron chi connectivity index (χ1n) is 7.68. The average molecular weight is 349 g/mol. The highest BCUT2D eigenvalue weighted by atomic mass is 79.9. The lowest BCUT2D eigenvalue weighted by molar-refractivity contribution is -0.130. The number of carbonyl (C=O) groups is 1. The molecule has 0 bridgehead atoms. The maximum absolute atomic E-state index is 13.1. The minimum atomic E-state index is -0.762. The fraction of sp³-hybridized carbons (Fsp3) is 0.529. The summed E-state index contributed by atoms with van der Waals surface area (Å²) in [6.45, 7) is 1.98. The van der Waals surface area contributed by atoms with Gasteiger partial charge >= 0.3 is 0 Å². The molecule has 1 heterocycles. The van der Waals surface area contributed by atoms with Gasteiger partial charge in [0.1, 0.15) is 5.54 Å². The van der Waals surface area contributed by atoms with E-state index in [1.54, 1.807) is 0 Å². The van der Waals surface area contributed by atoms with Gasteiger partial charge in [-0.1, -0.05) is 47.8 Å². The van der Waals surface area contributed by atoms with Crippen LogP contribution in [0.3, 0.4) is 0 Å². The molecule has 1 aliphatic heterocycles. The third kappa shape index (κ3) is 2.44. The molecule has 2 atom stereocenters. The number of hydrogen-bond acceptors (Lipinski definition) is 3. The molecule has 1 saturated carbocycles. The summed E-state index contributed by atoms with van der Waals surface area (Å²) in [6.07, 6.45) is 5.06. The molecule has 1 fully saturated rings. The summed E-state index contributed by atoms with van der Waals surface area (Å²) in [6, 6.07) is 8.02. The highest BCUT2D eigenvalue weighted by Crippen LogP contribution is 2.47. The van der Waals surface area contributed by atoms with Gasteiger partial charge in [-0.2, -0.15) is 0 Å². The fourth-order valence-corrected chi connectivity index (χ4v) is 4.31. The highest BCUT2D eigenvalue weighted by Gasteiger charge is 2.51. The summed E-state index contributed by atoms with van der Waals surface area (Å²) in [5, 5.41) is 0. The van der Waals surface area contributed by atoms with Gasteiger partial charge in [0.2, 0.25) is 0 Å². The van der Waals surface area contributed by atoms with Crippen molar-refractivity contribution in [2.45, 2.75) is 44.6 Å². The maximum atomic E-state index is 13.1. The van der Waals surface area contributed by atoms with Crippen molar-refractivity contribution in [1.29, 1.82) is 0 Å². The zero-order chi connectivity index (χ0) is 15.0. The Kier molecular flexibility index (Phi) is 3.91. The molecule has 4 heteroatoms. The molecular weight excluding hydrogens is 328 g/mol. The van der Waals surface area contributed by atoms with E-state index in [1.807, 2.05) is 31.2 Å². The van der Waals surface area contributed by atoms with E-state index in [1.165, 1.54) is 12.8 Å². The van der Waals surface area contributed by atoms with E-state index in [9.17, 15) is 4.79 Å². The largest absolute Gasteiger partial charge is 0.387 e. The van der Waals surface area contributed by atoms with Crippen LogP contribution in [0.15, 0.2) is 33.7 Å². The smallest absolute Gasteiger partial charge is 0.168 e. The second kappa shape index (κ2) is 5.56. The summed E-state index contributed by atoms with van der Waals surface area (Å²) in [4.78, 5) is 17.9. The Balaban J connectivity index is 2.19. The lowest BCUT2D eigenvalue weighted by atomic mass is 9.69. The van der Waals surface area contributed by atoms with Crippen molar-refractivity contribution in [2.24, 2.45) is 22.6 Å². The number of carbonyl (C=O) groups excluding carboxylic acids is 1. The Bertz CT molecular complexity index is 592. The number of rotatable bonds is 2. The number of aliphatic imine (C=N–C) groups is 1. The van der Waals surface area contributed by atoms with Gasteiger partial charge in [0.25, 0.3) is 0 Å². The molecule has 3 rings (SSSR count). The average Bonchev–Trinajstić information content (AvgIpc) is 2.97. The minimum Gasteiger partial charge on any atom is -0.387 e. The first kappa shape index (κ1) is 14.8. The topological polar surface area (TPSA) is 55.4 Å². The zero-order valence-corrected chi connectivity index (χ0v) is 13.9. The second-order valence-electron chi connectivity index (χ2n) is 6.33. The van der Waals surface area contributed by atoms with Gasteiger partial charge in [-0.15, -0.1) is 0 Å². The molecule has 0 amide bonds. The van der Waals surface area contributed by atoms with Crippen LogP contribution in [-0.4, -0.2) is 11.6 Å². The monoisotopic (exact) mass is 348 g/mol. The van der Waals surface area contributed by atoms with E-state index in [2.05, 4.69) is 15.9 Å². The summed E-state index contributed by atoms with van der Waals surface area (Å²) in [5.74, 6) is 1.08. The van der Waals surface area contributed by atoms with Crippen LogP contribution in [0, 0.1) is 11.8 Å². The number of benzene rings is 1. The number of amidine groups is 1. The summed E-state index contributed by atoms with van der Waals surface area (Å²) < 4.78 is 0.983. The van der Waals surface area contributed by atoms with Crippen LogP contribution in [0.5, 0.6) is 0 Å². The quantitative estimate of drug-likeness (QED) is 0.883. The lowest BCUT2D eigenvalue weighted by Crippen LogP contribution is -2.49. The maximum Gasteiger partial charge on any atom is 0.168 e. The first-order valence-corrected chi connectivity index (χ1v) is 8.48. The van der Waals surface area contributed by atoms with Crippen molar-refractivity contribution in [3.63, 3.8) is 0 Å². The SMILES string of the molecule is CC1CC(N)=NC(c2cccc(Br)c2)(C2CCCC2)C1=O. The Morgan fingerprint density at radius 2 is 2.05 bits per heavy atom. The van der Waals surface area contributed by atoms with Crippen molar-refractivity contribution in [3.05, 3.63) is 34.3 Å². The van der Waals surface area contributed by atoms with Crippen LogP contribution in [-0.2, 0) is 10.3 Å². The van der Waals surface area contributed by atoms with E-state index in [0.717, 1.165) is 22.9 Å². The van der Waals surface area contributed by atoms with Crippen LogP contribution < -0.4 is 5.73 Å². The van der Waals surface area contributed by atoms with Gasteiger partial charge in [-0.3, -0.25) is 9.79 Å². The lowest BCUT2D eigenvalue weighted by Gasteiger charge is -2.40. The molecule has 1 aromatic carbocycles. The molecule has 2 N–H and O–H groups in total. The van der Waals surface area contributed by atoms with E-state index in [0.29, 0.717) is 12.3 Å². The summed E-state index contributed by atoms with van der Waals surface area (Å²) in [5.41, 5.74) is 6.32. The number of nitrogens with two attached hydrogens (primary N) is 1. The first-order chi connectivity index (χ1) is 10.0. The van der Waals surface area contributed by atoms with Gasteiger partial charge in [0, 0.05) is 16.8 Å². The van der Waals surface area contributed by atoms with Crippen molar-refractivity contribution >= 4 is 27.5 Å². The normalized spacial score (nSPS) is 30.5. The Labute approximate surface area is 134 Å². The van der Waals surface area contributed by atoms with Crippen LogP contribution >= 0.6 is 15.9 Å². The molecule has 1 aliphatic carbocycles. The zero-order valence-electron chi connectivity index (χ0n) is 12.3. The van der Waals surface area contributed by atoms with E-state index in [-0.39, 0.29) is 17.6 Å². The Morgan fingerprint density at radius 3 is 2.71 bits per heavy atom. The standard InChI is InChI=1S/C17H21BrN2O/c1-11-9-15(19)20-17(16(11)21,12-5-2-3-6-12)13-7-4-8-14(18)10-13/h4,7-8,10-12H,2-3,5-6,9H2,1H3,(H2,19,20). The molecule has 112 valence electrons. The molecule has 1 aromatic rings. The molecule has 2 unspecified atom stereocenters. The van der Waals surface area contributed by atoms with Crippen LogP contribution in [0.25, 0.3) is 0 Å². The van der Waals surface area contributed by atoms with Crippen molar-refractivity contribution in [2.75, 3.05) is 0 Å². The number of ketones is 1. The predicted molar refractivity (Wildman–Crippen MR) is 88.2 cm³/mol. The molecular formula is C17H21BrN2O. The van der Waals surface area contributed by atoms with E-state index >= 15 is 0 Å². The van der Waals surface area contributed by atoms with Gasteiger partial charge in [-0.25, -0.2) is 0 Å². The number of halogens is 1. The number of nitrogens with zero attached hydrogens (tertiary/aromatic N) is 1. The molecule has 3 nitrogen and oxygen atoms in total. The predicted octanol–water partition coefficient (Wildman–Crippen LogP) is 3.80. The van der Waals surface area contributed by atoms with Gasteiger partial charge in [0.05, 0.1) is 5.84 Å². The van der Waals surface area contributed by atoms with Crippen molar-refractivity contribution < 1.29 is 4.79 Å². The summed E-state index contributed by atoms with van der Waals surface area (Å²) >= 11 is 3.52. The molecule has 0 spiro atoms. The molecule has 2 aliphatic rings. The third-order valence-corrected chi connectivity index (χ3v) is 5.36. The highest BCUT2D eigenvalue weighted by molar-refractivity contribution is 9.10. The van der Waals surface area contributed by atoms with E-state index < -0.39 is 5.54 Å². The van der Waals surface area contributed by atoms with E-state index in [4.69, 9.17) is 10.7 Å². The van der Waals surface area contributed by atoms with Crippen LogP contribution in [0.2, 0.25) is 0 Å². The van der Waals surface area contributed by atoms with Crippen LogP contribution in [0.4, 0.5) is 0 Å². The van der Waals surface area contributed by atoms with Crippen LogP contribution in [0.1, 0.15) is 44.6 Å². The molecule has 0 saturated heterocycles. The van der Waals surface area contributed by atoms with Crippen molar-refractivity contribution in [3.8, 4) is 0 Å². The minimum absolute atomic E-state index is 0.0536. The van der Waals surface area contributed by atoms with Gasteiger partial charge in [-0.05, 0) is 36.5 Å². The second-order valence-corrected chi connectivity index (χ2v) is 7.25. The van der Waals surface area contributed by atoms with Gasteiger partial charge < -0.3 is 5.73 Å². The number of hydrogen-bond donors (Lipinski definition) is 1. The molecule has 0 aromatic heterocycles. The molecule has 21 heavy (non-hydrogen) atoms. The van der Waals surface area contributed by atoms with Crippen molar-refractivity contribution in [1.82, 2.24) is 0 Å². The Morgan fingerprint density at radius 1 is 1.33 bits per heavy atom. The third-order valence-electron chi connectivity index (χ3n) is 4.87.